The third kappa shape index (κ3) is 3.13. The largest absolute Gasteiger partial charge is 0.496 e. The summed E-state index contributed by atoms with van der Waals surface area (Å²) in [7, 11) is 3.41. The fourth-order valence-electron chi connectivity index (χ4n) is 1.99. The van der Waals surface area contributed by atoms with Gasteiger partial charge in [0.2, 0.25) is 0 Å². The van der Waals surface area contributed by atoms with E-state index in [1.54, 1.807) is 14.2 Å². The fourth-order valence-corrected chi connectivity index (χ4v) is 1.99. The van der Waals surface area contributed by atoms with Crippen molar-refractivity contribution in [1.82, 2.24) is 0 Å². The molecule has 2 N–H and O–H groups in total. The first-order chi connectivity index (χ1) is 8.01. The summed E-state index contributed by atoms with van der Waals surface area (Å²) in [5.41, 5.74) is 9.25. The molecule has 1 rings (SSSR count). The minimum absolute atomic E-state index is 0.201. The molecule has 0 amide bonds. The van der Waals surface area contributed by atoms with Gasteiger partial charge in [-0.15, -0.1) is 0 Å². The Morgan fingerprint density at radius 3 is 2.29 bits per heavy atom. The topological polar surface area (TPSA) is 44.5 Å². The number of benzene rings is 1. The van der Waals surface area contributed by atoms with E-state index in [1.165, 1.54) is 5.56 Å². The molecule has 0 aliphatic heterocycles. The molecule has 17 heavy (non-hydrogen) atoms. The SMILES string of the molecule is COc1cc(CCC(C)N)c(OC)c(C)c1C. The van der Waals surface area contributed by atoms with Crippen LogP contribution in [0.25, 0.3) is 0 Å². The zero-order valence-electron chi connectivity index (χ0n) is 11.5. The van der Waals surface area contributed by atoms with Gasteiger partial charge in [-0.1, -0.05) is 0 Å². The van der Waals surface area contributed by atoms with Gasteiger partial charge >= 0.3 is 0 Å². The van der Waals surface area contributed by atoms with Crippen LogP contribution in [0.1, 0.15) is 30.0 Å². The molecule has 0 heterocycles. The average molecular weight is 237 g/mol. The van der Waals surface area contributed by atoms with Crippen LogP contribution in [0.2, 0.25) is 0 Å². The van der Waals surface area contributed by atoms with Crippen molar-refractivity contribution in [2.75, 3.05) is 14.2 Å². The Morgan fingerprint density at radius 2 is 1.82 bits per heavy atom. The Labute approximate surface area is 104 Å². The number of rotatable bonds is 5. The van der Waals surface area contributed by atoms with Gasteiger partial charge in [0.25, 0.3) is 0 Å². The minimum atomic E-state index is 0.201. The van der Waals surface area contributed by atoms with Crippen LogP contribution >= 0.6 is 0 Å². The fraction of sp³-hybridized carbons (Fsp3) is 0.571. The molecule has 96 valence electrons. The van der Waals surface area contributed by atoms with Crippen molar-refractivity contribution in [3.05, 3.63) is 22.8 Å². The van der Waals surface area contributed by atoms with Gasteiger partial charge in [-0.2, -0.15) is 0 Å². The molecule has 0 aliphatic rings. The highest BCUT2D eigenvalue weighted by molar-refractivity contribution is 5.52. The number of nitrogens with two attached hydrogens (primary N) is 1. The van der Waals surface area contributed by atoms with Crippen molar-refractivity contribution < 1.29 is 9.47 Å². The lowest BCUT2D eigenvalue weighted by Gasteiger charge is -2.17. The molecule has 0 aromatic heterocycles. The lowest BCUT2D eigenvalue weighted by atomic mass is 9.98. The van der Waals surface area contributed by atoms with Gasteiger partial charge in [-0.05, 0) is 56.4 Å². The summed E-state index contributed by atoms with van der Waals surface area (Å²) in [6.07, 6.45) is 1.86. The maximum absolute atomic E-state index is 5.80. The minimum Gasteiger partial charge on any atom is -0.496 e. The molecule has 0 fully saturated rings. The molecule has 1 unspecified atom stereocenters. The van der Waals surface area contributed by atoms with Crippen LogP contribution in [0.4, 0.5) is 0 Å². The predicted molar refractivity (Wildman–Crippen MR) is 71.0 cm³/mol. The van der Waals surface area contributed by atoms with Crippen molar-refractivity contribution in [2.45, 2.75) is 39.7 Å². The highest BCUT2D eigenvalue weighted by Gasteiger charge is 2.13. The molecular formula is C14H23NO2. The van der Waals surface area contributed by atoms with Crippen LogP contribution in [0.15, 0.2) is 6.07 Å². The normalized spacial score (nSPS) is 12.4. The first-order valence-electron chi connectivity index (χ1n) is 5.97. The third-order valence-electron chi connectivity index (χ3n) is 3.16. The molecule has 3 heteroatoms. The summed E-state index contributed by atoms with van der Waals surface area (Å²) in [5.74, 6) is 1.88. The van der Waals surface area contributed by atoms with Crippen molar-refractivity contribution in [3.8, 4) is 11.5 Å². The molecule has 1 atom stereocenters. The first-order valence-corrected chi connectivity index (χ1v) is 5.97. The number of hydrogen-bond donors (Lipinski definition) is 1. The van der Waals surface area contributed by atoms with Gasteiger partial charge in [-0.25, -0.2) is 0 Å². The molecule has 1 aromatic rings. The number of hydrogen-bond acceptors (Lipinski definition) is 3. The second-order valence-electron chi connectivity index (χ2n) is 4.54. The molecule has 0 aliphatic carbocycles. The maximum atomic E-state index is 5.80. The maximum Gasteiger partial charge on any atom is 0.125 e. The van der Waals surface area contributed by atoms with Gasteiger partial charge < -0.3 is 15.2 Å². The molecular weight excluding hydrogens is 214 g/mol. The standard InChI is InChI=1S/C14H23NO2/c1-9(15)6-7-12-8-13(16-4)10(2)11(3)14(12)17-5/h8-9H,6-7,15H2,1-5H3. The Balaban J connectivity index is 3.13. The summed E-state index contributed by atoms with van der Waals surface area (Å²) in [6.45, 7) is 6.13. The summed E-state index contributed by atoms with van der Waals surface area (Å²) < 4.78 is 10.9. The van der Waals surface area contributed by atoms with E-state index in [0.717, 1.165) is 35.5 Å². The van der Waals surface area contributed by atoms with Crippen LogP contribution < -0.4 is 15.2 Å². The van der Waals surface area contributed by atoms with E-state index >= 15 is 0 Å². The zero-order chi connectivity index (χ0) is 13.0. The molecule has 3 nitrogen and oxygen atoms in total. The second kappa shape index (κ2) is 5.92. The van der Waals surface area contributed by atoms with E-state index in [4.69, 9.17) is 15.2 Å². The monoisotopic (exact) mass is 237 g/mol. The van der Waals surface area contributed by atoms with Crippen molar-refractivity contribution in [1.29, 1.82) is 0 Å². The lowest BCUT2D eigenvalue weighted by molar-refractivity contribution is 0.392. The number of ether oxygens (including phenoxy) is 2. The van der Waals surface area contributed by atoms with Crippen molar-refractivity contribution in [3.63, 3.8) is 0 Å². The molecule has 1 aromatic carbocycles. The van der Waals surface area contributed by atoms with Crippen LogP contribution in [0.5, 0.6) is 11.5 Å². The highest BCUT2D eigenvalue weighted by atomic mass is 16.5. The number of aryl methyl sites for hydroxylation is 1. The summed E-state index contributed by atoms with van der Waals surface area (Å²) >= 11 is 0. The smallest absolute Gasteiger partial charge is 0.125 e. The first kappa shape index (κ1) is 13.8. The average Bonchev–Trinajstić information content (AvgIpc) is 2.30. The summed E-state index contributed by atoms with van der Waals surface area (Å²) in [4.78, 5) is 0. The lowest BCUT2D eigenvalue weighted by Crippen LogP contribution is -2.15. The molecule has 0 saturated heterocycles. The molecule has 0 bridgehead atoms. The van der Waals surface area contributed by atoms with Gasteiger partial charge in [0.05, 0.1) is 14.2 Å². The van der Waals surface area contributed by atoms with E-state index in [-0.39, 0.29) is 6.04 Å². The molecule has 0 radical (unpaired) electrons. The third-order valence-corrected chi connectivity index (χ3v) is 3.16. The van der Waals surface area contributed by atoms with Crippen LogP contribution in [0, 0.1) is 13.8 Å². The summed E-state index contributed by atoms with van der Waals surface area (Å²) in [6, 6.07) is 2.26. The number of methoxy groups -OCH3 is 2. The Morgan fingerprint density at radius 1 is 1.18 bits per heavy atom. The molecule has 0 spiro atoms. The van der Waals surface area contributed by atoms with Gasteiger partial charge in [0.15, 0.2) is 0 Å². The van der Waals surface area contributed by atoms with Crippen molar-refractivity contribution >= 4 is 0 Å². The van der Waals surface area contributed by atoms with Crippen LogP contribution in [-0.2, 0) is 6.42 Å². The Kier molecular flexibility index (Phi) is 4.82. The van der Waals surface area contributed by atoms with Gasteiger partial charge in [0.1, 0.15) is 11.5 Å². The highest BCUT2D eigenvalue weighted by Crippen LogP contribution is 2.34. The Bertz CT molecular complexity index is 386. The predicted octanol–water partition coefficient (Wildman–Crippen LogP) is 2.60. The Hall–Kier alpha value is -1.22. The van der Waals surface area contributed by atoms with Crippen molar-refractivity contribution in [2.24, 2.45) is 5.73 Å². The van der Waals surface area contributed by atoms with E-state index in [2.05, 4.69) is 13.0 Å². The quantitative estimate of drug-likeness (QED) is 0.856. The summed E-state index contributed by atoms with van der Waals surface area (Å²) in [5, 5.41) is 0. The zero-order valence-corrected chi connectivity index (χ0v) is 11.5. The second-order valence-corrected chi connectivity index (χ2v) is 4.54. The van der Waals surface area contributed by atoms with Gasteiger partial charge in [0, 0.05) is 6.04 Å². The van der Waals surface area contributed by atoms with E-state index in [1.807, 2.05) is 13.8 Å². The molecule has 0 saturated carbocycles. The van der Waals surface area contributed by atoms with Crippen LogP contribution in [-0.4, -0.2) is 20.3 Å². The van der Waals surface area contributed by atoms with Crippen LogP contribution in [0.3, 0.4) is 0 Å². The van der Waals surface area contributed by atoms with E-state index in [9.17, 15) is 0 Å². The van der Waals surface area contributed by atoms with E-state index in [0.29, 0.717) is 0 Å². The van der Waals surface area contributed by atoms with E-state index < -0.39 is 0 Å². The van der Waals surface area contributed by atoms with Gasteiger partial charge in [-0.3, -0.25) is 0 Å².